The molecule has 0 aliphatic rings. The maximum Gasteiger partial charge on any atom is 0.275 e. The highest BCUT2D eigenvalue weighted by Gasteiger charge is 2.12. The second-order valence-electron chi connectivity index (χ2n) is 5.68. The SMILES string of the molecule is CCCCNc1cnc(C(=O)Nc2ccccc2OC(C)C)cn1. The van der Waals surface area contributed by atoms with Crippen LogP contribution in [0.25, 0.3) is 0 Å². The lowest BCUT2D eigenvalue weighted by molar-refractivity contribution is 0.102. The Hall–Kier alpha value is -2.63. The van der Waals surface area contributed by atoms with Crippen molar-refractivity contribution in [1.82, 2.24) is 9.97 Å². The summed E-state index contributed by atoms with van der Waals surface area (Å²) in [5, 5.41) is 5.98. The van der Waals surface area contributed by atoms with Crippen LogP contribution in [-0.4, -0.2) is 28.5 Å². The molecule has 0 aliphatic carbocycles. The molecule has 6 heteroatoms. The van der Waals surface area contributed by atoms with E-state index in [0.717, 1.165) is 19.4 Å². The van der Waals surface area contributed by atoms with Crippen molar-refractivity contribution in [3.05, 3.63) is 42.4 Å². The number of ether oxygens (including phenoxy) is 1. The first-order valence-electron chi connectivity index (χ1n) is 8.23. The Labute approximate surface area is 142 Å². The summed E-state index contributed by atoms with van der Waals surface area (Å²) < 4.78 is 5.70. The van der Waals surface area contributed by atoms with E-state index >= 15 is 0 Å². The number of anilines is 2. The number of nitrogens with one attached hydrogen (secondary N) is 2. The molecule has 1 heterocycles. The monoisotopic (exact) mass is 328 g/mol. The Bertz CT molecular complexity index is 656. The van der Waals surface area contributed by atoms with E-state index < -0.39 is 0 Å². The van der Waals surface area contributed by atoms with E-state index in [4.69, 9.17) is 4.74 Å². The first-order valence-corrected chi connectivity index (χ1v) is 8.23. The predicted octanol–water partition coefficient (Wildman–Crippen LogP) is 3.73. The number of carbonyl (C=O) groups excluding carboxylic acids is 1. The van der Waals surface area contributed by atoms with Gasteiger partial charge in [-0.15, -0.1) is 0 Å². The standard InChI is InChI=1S/C18H24N4O2/c1-4-5-10-19-17-12-20-15(11-21-17)18(23)22-14-8-6-7-9-16(14)24-13(2)3/h6-9,11-13H,4-5,10H2,1-3H3,(H,19,21)(H,22,23). The number of hydrogen-bond acceptors (Lipinski definition) is 5. The summed E-state index contributed by atoms with van der Waals surface area (Å²) in [4.78, 5) is 20.7. The fraction of sp³-hybridized carbons (Fsp3) is 0.389. The number of hydrogen-bond donors (Lipinski definition) is 2. The molecule has 6 nitrogen and oxygen atoms in total. The molecule has 0 bridgehead atoms. The van der Waals surface area contributed by atoms with Crippen molar-refractivity contribution >= 4 is 17.4 Å². The number of carbonyl (C=O) groups is 1. The van der Waals surface area contributed by atoms with Gasteiger partial charge < -0.3 is 15.4 Å². The van der Waals surface area contributed by atoms with Gasteiger partial charge in [0.05, 0.1) is 24.2 Å². The molecule has 0 saturated carbocycles. The quantitative estimate of drug-likeness (QED) is 0.722. The average molecular weight is 328 g/mol. The fourth-order valence-electron chi connectivity index (χ4n) is 2.04. The Morgan fingerprint density at radius 2 is 2.00 bits per heavy atom. The van der Waals surface area contributed by atoms with E-state index in [1.807, 2.05) is 32.0 Å². The molecule has 0 unspecified atom stereocenters. The zero-order chi connectivity index (χ0) is 17.4. The molecule has 0 spiro atoms. The minimum Gasteiger partial charge on any atom is -0.489 e. The molecule has 2 aromatic rings. The second kappa shape index (κ2) is 8.86. The van der Waals surface area contributed by atoms with Crippen molar-refractivity contribution in [3.63, 3.8) is 0 Å². The number of aromatic nitrogens is 2. The average Bonchev–Trinajstić information content (AvgIpc) is 2.57. The molecule has 1 amide bonds. The van der Waals surface area contributed by atoms with Crippen molar-refractivity contribution in [3.8, 4) is 5.75 Å². The van der Waals surface area contributed by atoms with Crippen molar-refractivity contribution in [2.24, 2.45) is 0 Å². The first-order chi connectivity index (χ1) is 11.6. The van der Waals surface area contributed by atoms with Crippen LogP contribution in [0.5, 0.6) is 5.75 Å². The van der Waals surface area contributed by atoms with Gasteiger partial charge in [-0.1, -0.05) is 25.5 Å². The van der Waals surface area contributed by atoms with Gasteiger partial charge in [-0.25, -0.2) is 9.97 Å². The molecular weight excluding hydrogens is 304 g/mol. The maximum atomic E-state index is 12.3. The summed E-state index contributed by atoms with van der Waals surface area (Å²) in [5.41, 5.74) is 0.874. The molecule has 0 fully saturated rings. The third kappa shape index (κ3) is 5.22. The van der Waals surface area contributed by atoms with Gasteiger partial charge in [0.25, 0.3) is 5.91 Å². The minimum atomic E-state index is -0.317. The lowest BCUT2D eigenvalue weighted by atomic mass is 10.2. The van der Waals surface area contributed by atoms with Crippen LogP contribution in [0, 0.1) is 0 Å². The molecule has 0 saturated heterocycles. The molecule has 0 radical (unpaired) electrons. The van der Waals surface area contributed by atoms with Crippen molar-refractivity contribution in [2.45, 2.75) is 39.7 Å². The molecule has 0 atom stereocenters. The van der Waals surface area contributed by atoms with Crippen LogP contribution in [-0.2, 0) is 0 Å². The lowest BCUT2D eigenvalue weighted by Crippen LogP contribution is -2.16. The summed E-state index contributed by atoms with van der Waals surface area (Å²) in [6.45, 7) is 6.85. The summed E-state index contributed by atoms with van der Waals surface area (Å²) in [5.74, 6) is 0.984. The Morgan fingerprint density at radius 3 is 2.67 bits per heavy atom. The highest BCUT2D eigenvalue weighted by molar-refractivity contribution is 6.03. The minimum absolute atomic E-state index is 0.0244. The highest BCUT2D eigenvalue weighted by atomic mass is 16.5. The zero-order valence-electron chi connectivity index (χ0n) is 14.4. The number of rotatable bonds is 8. The van der Waals surface area contributed by atoms with Gasteiger partial charge in [-0.05, 0) is 32.4 Å². The van der Waals surface area contributed by atoms with Crippen LogP contribution in [0.1, 0.15) is 44.1 Å². The number of benzene rings is 1. The van der Waals surface area contributed by atoms with E-state index in [-0.39, 0.29) is 17.7 Å². The molecule has 24 heavy (non-hydrogen) atoms. The van der Waals surface area contributed by atoms with Crippen LogP contribution in [0.3, 0.4) is 0 Å². The van der Waals surface area contributed by atoms with Crippen LogP contribution in [0.4, 0.5) is 11.5 Å². The summed E-state index contributed by atoms with van der Waals surface area (Å²) in [6.07, 6.45) is 5.24. The number of amides is 1. The van der Waals surface area contributed by atoms with Gasteiger partial charge in [0.2, 0.25) is 0 Å². The van der Waals surface area contributed by atoms with Crippen LogP contribution in [0.2, 0.25) is 0 Å². The van der Waals surface area contributed by atoms with Crippen molar-refractivity contribution in [2.75, 3.05) is 17.2 Å². The van der Waals surface area contributed by atoms with E-state index in [1.165, 1.54) is 6.20 Å². The summed E-state index contributed by atoms with van der Waals surface area (Å²) in [6, 6.07) is 7.32. The van der Waals surface area contributed by atoms with E-state index in [2.05, 4.69) is 27.5 Å². The largest absolute Gasteiger partial charge is 0.489 e. The Balaban J connectivity index is 2.02. The zero-order valence-corrected chi connectivity index (χ0v) is 14.4. The van der Waals surface area contributed by atoms with Crippen molar-refractivity contribution < 1.29 is 9.53 Å². The van der Waals surface area contributed by atoms with E-state index in [1.54, 1.807) is 12.3 Å². The molecule has 1 aromatic carbocycles. The van der Waals surface area contributed by atoms with Crippen LogP contribution in [0.15, 0.2) is 36.7 Å². The van der Waals surface area contributed by atoms with Gasteiger partial charge >= 0.3 is 0 Å². The number of nitrogens with zero attached hydrogens (tertiary/aromatic N) is 2. The van der Waals surface area contributed by atoms with Gasteiger partial charge in [0.15, 0.2) is 0 Å². The third-order valence-corrected chi connectivity index (χ3v) is 3.22. The second-order valence-corrected chi connectivity index (χ2v) is 5.68. The number of unbranched alkanes of at least 4 members (excludes halogenated alkanes) is 1. The van der Waals surface area contributed by atoms with Crippen LogP contribution >= 0.6 is 0 Å². The molecule has 1 aromatic heterocycles. The predicted molar refractivity (Wildman–Crippen MR) is 95.6 cm³/mol. The molecule has 0 aliphatic heterocycles. The summed E-state index contributed by atoms with van der Waals surface area (Å²) >= 11 is 0. The van der Waals surface area contributed by atoms with Gasteiger partial charge in [-0.3, -0.25) is 4.79 Å². The summed E-state index contributed by atoms with van der Waals surface area (Å²) in [7, 11) is 0. The smallest absolute Gasteiger partial charge is 0.275 e. The molecule has 2 rings (SSSR count). The van der Waals surface area contributed by atoms with E-state index in [9.17, 15) is 4.79 Å². The lowest BCUT2D eigenvalue weighted by Gasteiger charge is -2.14. The Morgan fingerprint density at radius 1 is 1.21 bits per heavy atom. The first kappa shape index (κ1) is 17.7. The van der Waals surface area contributed by atoms with Gasteiger partial charge in [0, 0.05) is 6.54 Å². The normalized spacial score (nSPS) is 10.5. The highest BCUT2D eigenvalue weighted by Crippen LogP contribution is 2.25. The Kier molecular flexibility index (Phi) is 6.54. The maximum absolute atomic E-state index is 12.3. The molecular formula is C18H24N4O2. The van der Waals surface area contributed by atoms with Gasteiger partial charge in [0.1, 0.15) is 17.3 Å². The topological polar surface area (TPSA) is 76.1 Å². The number of para-hydroxylation sites is 2. The molecule has 2 N–H and O–H groups in total. The third-order valence-electron chi connectivity index (χ3n) is 3.22. The van der Waals surface area contributed by atoms with Gasteiger partial charge in [-0.2, -0.15) is 0 Å². The van der Waals surface area contributed by atoms with Crippen LogP contribution < -0.4 is 15.4 Å². The fourth-order valence-corrected chi connectivity index (χ4v) is 2.04. The molecule has 128 valence electrons. The van der Waals surface area contributed by atoms with E-state index in [0.29, 0.717) is 17.3 Å². The van der Waals surface area contributed by atoms with Crippen molar-refractivity contribution in [1.29, 1.82) is 0 Å².